The van der Waals surface area contributed by atoms with Gasteiger partial charge in [-0.2, -0.15) is 4.39 Å². The first kappa shape index (κ1) is 10.6. The summed E-state index contributed by atoms with van der Waals surface area (Å²) in [4.78, 5) is 10.4. The second-order valence-electron chi connectivity index (χ2n) is 2.45. The molecule has 0 amide bonds. The minimum absolute atomic E-state index is 0.0547. The number of benzene rings is 1. The van der Waals surface area contributed by atoms with E-state index in [2.05, 4.69) is 4.74 Å². The molecular weight excluding hydrogens is 194 g/mol. The molecule has 0 saturated heterocycles. The third-order valence-corrected chi connectivity index (χ3v) is 1.53. The zero-order valence-corrected chi connectivity index (χ0v) is 7.42. The Morgan fingerprint density at radius 2 is 2.14 bits per heavy atom. The number of ether oxygens (including phenoxy) is 2. The first-order valence-corrected chi connectivity index (χ1v) is 3.75. The van der Waals surface area contributed by atoms with Gasteiger partial charge in [-0.25, -0.2) is 4.39 Å². The van der Waals surface area contributed by atoms with Gasteiger partial charge in [0, 0.05) is 7.11 Å². The van der Waals surface area contributed by atoms with Gasteiger partial charge < -0.3 is 9.47 Å². The van der Waals surface area contributed by atoms with Crippen LogP contribution in [-0.2, 0) is 4.74 Å². The molecule has 0 aliphatic rings. The Bertz CT molecular complexity index is 339. The molecule has 0 radical (unpaired) electrons. The quantitative estimate of drug-likeness (QED) is 0.551. The first-order chi connectivity index (χ1) is 6.70. The largest absolute Gasteiger partial charge is 0.464 e. The smallest absolute Gasteiger partial charge is 0.201 e. The lowest BCUT2D eigenvalue weighted by atomic mass is 10.2. The van der Waals surface area contributed by atoms with Crippen molar-refractivity contribution in [1.82, 2.24) is 0 Å². The van der Waals surface area contributed by atoms with E-state index in [1.54, 1.807) is 0 Å². The molecule has 0 heterocycles. The SMILES string of the molecule is COCOc1c(C=O)ccc(F)c1F. The van der Waals surface area contributed by atoms with Crippen molar-refractivity contribution in [3.63, 3.8) is 0 Å². The van der Waals surface area contributed by atoms with Gasteiger partial charge in [0.25, 0.3) is 0 Å². The molecule has 0 spiro atoms. The first-order valence-electron chi connectivity index (χ1n) is 3.75. The fourth-order valence-corrected chi connectivity index (χ4v) is 0.904. The van der Waals surface area contributed by atoms with Crippen LogP contribution in [0.1, 0.15) is 10.4 Å². The zero-order chi connectivity index (χ0) is 10.6. The summed E-state index contributed by atoms with van der Waals surface area (Å²) >= 11 is 0. The molecule has 3 nitrogen and oxygen atoms in total. The predicted molar refractivity (Wildman–Crippen MR) is 44.2 cm³/mol. The van der Waals surface area contributed by atoms with Crippen LogP contribution in [0.25, 0.3) is 0 Å². The summed E-state index contributed by atoms with van der Waals surface area (Å²) < 4.78 is 35.0. The van der Waals surface area contributed by atoms with Gasteiger partial charge in [-0.15, -0.1) is 0 Å². The molecule has 76 valence electrons. The van der Waals surface area contributed by atoms with Crippen LogP contribution < -0.4 is 4.74 Å². The maximum atomic E-state index is 13.1. The normalized spacial score (nSPS) is 9.93. The van der Waals surface area contributed by atoms with Crippen molar-refractivity contribution in [2.24, 2.45) is 0 Å². The van der Waals surface area contributed by atoms with Crippen molar-refractivity contribution < 1.29 is 23.0 Å². The van der Waals surface area contributed by atoms with Crippen LogP contribution in [0.5, 0.6) is 5.75 Å². The monoisotopic (exact) mass is 202 g/mol. The number of carbonyl (C=O) groups is 1. The van der Waals surface area contributed by atoms with Crippen molar-refractivity contribution >= 4 is 6.29 Å². The van der Waals surface area contributed by atoms with E-state index in [9.17, 15) is 13.6 Å². The van der Waals surface area contributed by atoms with Crippen LogP contribution in [-0.4, -0.2) is 20.2 Å². The topological polar surface area (TPSA) is 35.5 Å². The molecule has 0 fully saturated rings. The minimum Gasteiger partial charge on any atom is -0.464 e. The van der Waals surface area contributed by atoms with Crippen LogP contribution in [0, 0.1) is 11.6 Å². The molecular formula is C9H8F2O3. The van der Waals surface area contributed by atoms with Crippen molar-refractivity contribution in [2.75, 3.05) is 13.9 Å². The highest BCUT2D eigenvalue weighted by molar-refractivity contribution is 5.79. The summed E-state index contributed by atoms with van der Waals surface area (Å²) in [7, 11) is 1.33. The second-order valence-corrected chi connectivity index (χ2v) is 2.45. The number of hydrogen-bond donors (Lipinski definition) is 0. The van der Waals surface area contributed by atoms with E-state index in [0.717, 1.165) is 12.1 Å². The van der Waals surface area contributed by atoms with Gasteiger partial charge in [0.05, 0.1) is 5.56 Å². The molecule has 0 saturated carbocycles. The van der Waals surface area contributed by atoms with Crippen molar-refractivity contribution in [2.45, 2.75) is 0 Å². The summed E-state index contributed by atoms with van der Waals surface area (Å²) in [6.07, 6.45) is 0.382. The molecule has 0 aromatic heterocycles. The third kappa shape index (κ3) is 2.05. The number of hydrogen-bond acceptors (Lipinski definition) is 3. The molecule has 1 aromatic carbocycles. The highest BCUT2D eigenvalue weighted by atomic mass is 19.2. The van der Waals surface area contributed by atoms with Gasteiger partial charge in [0.2, 0.25) is 5.82 Å². The van der Waals surface area contributed by atoms with Crippen LogP contribution in [0.4, 0.5) is 8.78 Å². The minimum atomic E-state index is -1.19. The lowest BCUT2D eigenvalue weighted by Crippen LogP contribution is -2.04. The van der Waals surface area contributed by atoms with E-state index < -0.39 is 17.4 Å². The van der Waals surface area contributed by atoms with E-state index in [0.29, 0.717) is 6.29 Å². The Morgan fingerprint density at radius 3 is 2.71 bits per heavy atom. The number of rotatable bonds is 4. The number of carbonyl (C=O) groups excluding carboxylic acids is 1. The van der Waals surface area contributed by atoms with Crippen LogP contribution in [0.3, 0.4) is 0 Å². The molecule has 0 aliphatic heterocycles. The number of aldehydes is 1. The molecule has 0 bridgehead atoms. The maximum Gasteiger partial charge on any atom is 0.201 e. The van der Waals surface area contributed by atoms with E-state index in [1.807, 2.05) is 0 Å². The molecule has 0 unspecified atom stereocenters. The Labute approximate surface area is 79.2 Å². The second kappa shape index (κ2) is 4.66. The molecule has 0 atom stereocenters. The molecule has 14 heavy (non-hydrogen) atoms. The van der Waals surface area contributed by atoms with Gasteiger partial charge in [0.1, 0.15) is 0 Å². The Balaban J connectivity index is 3.07. The number of halogens is 2. The molecule has 5 heteroatoms. The van der Waals surface area contributed by atoms with E-state index >= 15 is 0 Å². The third-order valence-electron chi connectivity index (χ3n) is 1.53. The average molecular weight is 202 g/mol. The maximum absolute atomic E-state index is 13.1. The van der Waals surface area contributed by atoms with E-state index in [-0.39, 0.29) is 12.4 Å². The lowest BCUT2D eigenvalue weighted by Gasteiger charge is -2.08. The molecule has 0 aliphatic carbocycles. The highest BCUT2D eigenvalue weighted by Gasteiger charge is 2.14. The molecule has 1 rings (SSSR count). The number of methoxy groups -OCH3 is 1. The van der Waals surface area contributed by atoms with Gasteiger partial charge >= 0.3 is 0 Å². The van der Waals surface area contributed by atoms with Gasteiger partial charge in [-0.1, -0.05) is 0 Å². The fraction of sp³-hybridized carbons (Fsp3) is 0.222. The summed E-state index contributed by atoms with van der Waals surface area (Å²) in [5.41, 5.74) is -0.0547. The lowest BCUT2D eigenvalue weighted by molar-refractivity contribution is 0.0471. The van der Waals surface area contributed by atoms with E-state index in [4.69, 9.17) is 4.74 Å². The summed E-state index contributed by atoms with van der Waals surface area (Å²) in [6, 6.07) is 2.00. The van der Waals surface area contributed by atoms with Gasteiger partial charge in [0.15, 0.2) is 24.6 Å². The van der Waals surface area contributed by atoms with Crippen molar-refractivity contribution in [1.29, 1.82) is 0 Å². The Kier molecular flexibility index (Phi) is 3.53. The standard InChI is InChI=1S/C9H8F2O3/c1-13-5-14-9-6(4-12)2-3-7(10)8(9)11/h2-4H,5H2,1H3. The van der Waals surface area contributed by atoms with Gasteiger partial charge in [-0.05, 0) is 12.1 Å². The fourth-order valence-electron chi connectivity index (χ4n) is 0.904. The molecule has 0 N–H and O–H groups in total. The summed E-state index contributed by atoms with van der Waals surface area (Å²) in [5, 5.41) is 0. The van der Waals surface area contributed by atoms with Crippen molar-refractivity contribution in [3.05, 3.63) is 29.3 Å². The van der Waals surface area contributed by atoms with Gasteiger partial charge in [-0.3, -0.25) is 4.79 Å². The summed E-state index contributed by atoms with van der Waals surface area (Å²) in [5.74, 6) is -2.68. The van der Waals surface area contributed by atoms with Crippen LogP contribution in [0.15, 0.2) is 12.1 Å². The summed E-state index contributed by atoms with van der Waals surface area (Å²) in [6.45, 7) is -0.249. The Morgan fingerprint density at radius 1 is 1.43 bits per heavy atom. The van der Waals surface area contributed by atoms with Crippen LogP contribution >= 0.6 is 0 Å². The average Bonchev–Trinajstić information content (AvgIpc) is 2.20. The highest BCUT2D eigenvalue weighted by Crippen LogP contribution is 2.23. The Hall–Kier alpha value is -1.49. The molecule has 1 aromatic rings. The van der Waals surface area contributed by atoms with Crippen LogP contribution in [0.2, 0.25) is 0 Å². The zero-order valence-electron chi connectivity index (χ0n) is 7.42. The predicted octanol–water partition coefficient (Wildman–Crippen LogP) is 1.76. The van der Waals surface area contributed by atoms with Crippen molar-refractivity contribution in [3.8, 4) is 5.75 Å². The van der Waals surface area contributed by atoms with E-state index in [1.165, 1.54) is 7.11 Å².